The van der Waals surface area contributed by atoms with Crippen LogP contribution in [-0.2, 0) is 0 Å². The fourth-order valence-corrected chi connectivity index (χ4v) is 2.17. The molecule has 0 saturated carbocycles. The van der Waals surface area contributed by atoms with Crippen molar-refractivity contribution in [2.45, 2.75) is 40.2 Å². The lowest BCUT2D eigenvalue weighted by Gasteiger charge is -2.36. The Labute approximate surface area is 87.2 Å². The fraction of sp³-hybridized carbons (Fsp3) is 0.833. The van der Waals surface area contributed by atoms with Crippen molar-refractivity contribution in [1.29, 1.82) is 0 Å². The van der Waals surface area contributed by atoms with Crippen LogP contribution in [-0.4, -0.2) is 11.1 Å². The third-order valence-corrected chi connectivity index (χ3v) is 4.08. The minimum absolute atomic E-state index is 0.235. The summed E-state index contributed by atoms with van der Waals surface area (Å²) in [6.07, 6.45) is 2.94. The zero-order valence-electron chi connectivity index (χ0n) is 9.70. The third kappa shape index (κ3) is 2.11. The van der Waals surface area contributed by atoms with E-state index >= 15 is 0 Å². The maximum atomic E-state index is 9.48. The van der Waals surface area contributed by atoms with E-state index in [9.17, 15) is 5.11 Å². The first-order valence-corrected chi connectivity index (χ1v) is 5.59. The Hall–Kier alpha value is -0.500. The number of hydrogen-bond donors (Lipinski definition) is 2. The highest BCUT2D eigenvalue weighted by atomic mass is 16.3. The van der Waals surface area contributed by atoms with Crippen molar-refractivity contribution in [2.75, 3.05) is 0 Å². The molecule has 0 heterocycles. The molecule has 0 amide bonds. The molecule has 0 aromatic rings. The molecule has 1 unspecified atom stereocenters. The highest BCUT2D eigenvalue weighted by molar-refractivity contribution is 5.11. The van der Waals surface area contributed by atoms with Gasteiger partial charge in [0.15, 0.2) is 0 Å². The van der Waals surface area contributed by atoms with Crippen LogP contribution in [0.15, 0.2) is 11.8 Å². The minimum Gasteiger partial charge on any atom is -0.512 e. The standard InChI is InChI=1S/C12H23NO/c1-7(8(2)10(4)13)9(3)11-5-6-12(11)14/h6-11,14H,5,13H2,1-4H3/t7-,8-,9+,10+,11?/m1/s1. The lowest BCUT2D eigenvalue weighted by molar-refractivity contribution is 0.151. The maximum Gasteiger partial charge on any atom is 0.0919 e. The smallest absolute Gasteiger partial charge is 0.0919 e. The molecule has 1 rings (SSSR count). The molecule has 0 aliphatic heterocycles. The molecular weight excluding hydrogens is 174 g/mol. The van der Waals surface area contributed by atoms with Crippen molar-refractivity contribution in [1.82, 2.24) is 0 Å². The van der Waals surface area contributed by atoms with Gasteiger partial charge in [-0.2, -0.15) is 0 Å². The molecule has 14 heavy (non-hydrogen) atoms. The Bertz CT molecular complexity index is 222. The van der Waals surface area contributed by atoms with E-state index in [4.69, 9.17) is 5.73 Å². The van der Waals surface area contributed by atoms with E-state index in [1.165, 1.54) is 0 Å². The summed E-state index contributed by atoms with van der Waals surface area (Å²) in [5, 5.41) is 9.48. The molecule has 2 nitrogen and oxygen atoms in total. The number of aliphatic hydroxyl groups is 1. The number of rotatable bonds is 4. The zero-order chi connectivity index (χ0) is 10.9. The first kappa shape index (κ1) is 11.6. The number of aliphatic hydroxyl groups excluding tert-OH is 1. The lowest BCUT2D eigenvalue weighted by Crippen LogP contribution is -2.35. The molecule has 2 heteroatoms. The predicted molar refractivity (Wildman–Crippen MR) is 60.0 cm³/mol. The number of allylic oxidation sites excluding steroid dienone is 2. The van der Waals surface area contributed by atoms with Crippen molar-refractivity contribution in [2.24, 2.45) is 29.4 Å². The van der Waals surface area contributed by atoms with Gasteiger partial charge in [-0.3, -0.25) is 0 Å². The van der Waals surface area contributed by atoms with Crippen molar-refractivity contribution in [3.8, 4) is 0 Å². The summed E-state index contributed by atoms with van der Waals surface area (Å²) in [5.41, 5.74) is 5.89. The van der Waals surface area contributed by atoms with Crippen LogP contribution in [0.3, 0.4) is 0 Å². The van der Waals surface area contributed by atoms with Crippen molar-refractivity contribution in [3.63, 3.8) is 0 Å². The summed E-state index contributed by atoms with van der Waals surface area (Å²) < 4.78 is 0. The van der Waals surface area contributed by atoms with E-state index in [1.807, 2.05) is 6.08 Å². The average molecular weight is 197 g/mol. The van der Waals surface area contributed by atoms with Gasteiger partial charge in [0.05, 0.1) is 5.76 Å². The molecule has 1 aliphatic carbocycles. The first-order valence-electron chi connectivity index (χ1n) is 5.59. The van der Waals surface area contributed by atoms with Crippen LogP contribution in [0, 0.1) is 23.7 Å². The van der Waals surface area contributed by atoms with E-state index in [0.29, 0.717) is 29.4 Å². The van der Waals surface area contributed by atoms with Gasteiger partial charge in [0.2, 0.25) is 0 Å². The quantitative estimate of drug-likeness (QED) is 0.728. The third-order valence-electron chi connectivity index (χ3n) is 4.08. The van der Waals surface area contributed by atoms with Gasteiger partial charge in [-0.25, -0.2) is 0 Å². The van der Waals surface area contributed by atoms with Gasteiger partial charge in [0.1, 0.15) is 0 Å². The number of hydrogen-bond acceptors (Lipinski definition) is 2. The summed E-state index contributed by atoms with van der Waals surface area (Å²) in [5.74, 6) is 2.57. The van der Waals surface area contributed by atoms with Gasteiger partial charge in [-0.15, -0.1) is 0 Å². The molecule has 0 saturated heterocycles. The molecule has 3 N–H and O–H groups in total. The van der Waals surface area contributed by atoms with Crippen molar-refractivity contribution in [3.05, 3.63) is 11.8 Å². The molecule has 0 aromatic carbocycles. The first-order chi connectivity index (χ1) is 6.45. The Morgan fingerprint density at radius 2 is 1.86 bits per heavy atom. The SMILES string of the molecule is C[C@H]([C@@H](C)[C@H](C)C1CC=C1O)[C@H](C)N. The molecule has 0 bridgehead atoms. The highest BCUT2D eigenvalue weighted by Crippen LogP contribution is 2.38. The summed E-state index contributed by atoms with van der Waals surface area (Å²) in [6.45, 7) is 8.72. The Kier molecular flexibility index (Phi) is 3.59. The zero-order valence-corrected chi connectivity index (χ0v) is 9.70. The van der Waals surface area contributed by atoms with Crippen LogP contribution in [0.1, 0.15) is 34.1 Å². The van der Waals surface area contributed by atoms with Crippen LogP contribution >= 0.6 is 0 Å². The van der Waals surface area contributed by atoms with Crippen LogP contribution in [0.5, 0.6) is 0 Å². The van der Waals surface area contributed by atoms with E-state index < -0.39 is 0 Å². The van der Waals surface area contributed by atoms with E-state index in [1.54, 1.807) is 0 Å². The Morgan fingerprint density at radius 3 is 2.14 bits per heavy atom. The second kappa shape index (κ2) is 4.35. The molecule has 82 valence electrons. The molecule has 0 radical (unpaired) electrons. The van der Waals surface area contributed by atoms with Gasteiger partial charge in [-0.05, 0) is 37.2 Å². The molecule has 1 aliphatic rings. The molecule has 0 aromatic heterocycles. The van der Waals surface area contributed by atoms with Crippen LogP contribution in [0.25, 0.3) is 0 Å². The predicted octanol–water partition coefficient (Wildman–Crippen LogP) is 2.70. The average Bonchev–Trinajstić information content (AvgIpc) is 2.12. The van der Waals surface area contributed by atoms with Gasteiger partial charge >= 0.3 is 0 Å². The normalized spacial score (nSPS) is 29.8. The monoisotopic (exact) mass is 197 g/mol. The molecule has 5 atom stereocenters. The summed E-state index contributed by atoms with van der Waals surface area (Å²) >= 11 is 0. The van der Waals surface area contributed by atoms with Crippen LogP contribution < -0.4 is 5.73 Å². The highest BCUT2D eigenvalue weighted by Gasteiger charge is 2.33. The van der Waals surface area contributed by atoms with Gasteiger partial charge in [0, 0.05) is 12.0 Å². The van der Waals surface area contributed by atoms with Crippen LogP contribution in [0.2, 0.25) is 0 Å². The topological polar surface area (TPSA) is 46.2 Å². The minimum atomic E-state index is 0.235. The second-order valence-electron chi connectivity index (χ2n) is 4.91. The van der Waals surface area contributed by atoms with E-state index in [-0.39, 0.29) is 6.04 Å². The van der Waals surface area contributed by atoms with E-state index in [2.05, 4.69) is 27.7 Å². The summed E-state index contributed by atoms with van der Waals surface area (Å²) in [4.78, 5) is 0. The van der Waals surface area contributed by atoms with Gasteiger partial charge < -0.3 is 10.8 Å². The fourth-order valence-electron chi connectivity index (χ4n) is 2.17. The summed E-state index contributed by atoms with van der Waals surface area (Å²) in [6, 6.07) is 0.235. The second-order valence-corrected chi connectivity index (χ2v) is 4.91. The lowest BCUT2D eigenvalue weighted by atomic mass is 9.71. The molecule has 0 spiro atoms. The summed E-state index contributed by atoms with van der Waals surface area (Å²) in [7, 11) is 0. The van der Waals surface area contributed by atoms with Gasteiger partial charge in [-0.1, -0.05) is 20.8 Å². The Morgan fingerprint density at radius 1 is 1.29 bits per heavy atom. The number of nitrogens with two attached hydrogens (primary N) is 1. The van der Waals surface area contributed by atoms with E-state index in [0.717, 1.165) is 6.42 Å². The van der Waals surface area contributed by atoms with Crippen molar-refractivity contribution < 1.29 is 5.11 Å². The largest absolute Gasteiger partial charge is 0.512 e. The van der Waals surface area contributed by atoms with Crippen LogP contribution in [0.4, 0.5) is 0 Å². The Balaban J connectivity index is 2.52. The maximum absolute atomic E-state index is 9.48. The van der Waals surface area contributed by atoms with Crippen molar-refractivity contribution >= 4 is 0 Å². The molecular formula is C12H23NO. The van der Waals surface area contributed by atoms with Gasteiger partial charge in [0.25, 0.3) is 0 Å². The molecule has 0 fully saturated rings.